The molecule has 33 heavy (non-hydrogen) atoms. The van der Waals surface area contributed by atoms with Gasteiger partial charge in [0.25, 0.3) is 0 Å². The molecule has 0 aromatic heterocycles. The largest absolute Gasteiger partial charge is 0.497 e. The Balaban J connectivity index is 1.77. The number of benzene rings is 4. The van der Waals surface area contributed by atoms with Gasteiger partial charge in [-0.05, 0) is 29.8 Å². The predicted molar refractivity (Wildman–Crippen MR) is 134 cm³/mol. The Morgan fingerprint density at radius 3 is 1.76 bits per heavy atom. The van der Waals surface area contributed by atoms with E-state index in [-0.39, 0.29) is 6.04 Å². The lowest BCUT2D eigenvalue weighted by atomic mass is 9.97. The molecule has 4 nitrogen and oxygen atoms in total. The Morgan fingerprint density at radius 1 is 0.758 bits per heavy atom. The molecule has 4 aromatic rings. The van der Waals surface area contributed by atoms with Gasteiger partial charge >= 0.3 is 0 Å². The van der Waals surface area contributed by atoms with Gasteiger partial charge in [0.1, 0.15) is 5.75 Å². The Bertz CT molecular complexity index is 1170. The van der Waals surface area contributed by atoms with Gasteiger partial charge in [0.15, 0.2) is 6.04 Å². The van der Waals surface area contributed by atoms with Crippen LogP contribution in [0.2, 0.25) is 0 Å². The second-order valence-electron chi connectivity index (χ2n) is 7.54. The Morgan fingerprint density at radius 2 is 1.27 bits per heavy atom. The van der Waals surface area contributed by atoms with Crippen LogP contribution >= 0.6 is 0 Å². The van der Waals surface area contributed by atoms with Crippen molar-refractivity contribution >= 4 is 11.4 Å². The lowest BCUT2D eigenvalue weighted by molar-refractivity contribution is 0.415. The highest BCUT2D eigenvalue weighted by molar-refractivity contribution is 6.13. The van der Waals surface area contributed by atoms with E-state index >= 15 is 0 Å². The van der Waals surface area contributed by atoms with Crippen molar-refractivity contribution in [3.63, 3.8) is 0 Å². The highest BCUT2D eigenvalue weighted by atomic mass is 16.5. The fourth-order valence-corrected chi connectivity index (χ4v) is 3.70. The Hall–Kier alpha value is -4.36. The molecule has 0 bridgehead atoms. The standard InChI is InChI=1S/C29H25N3O/c1-33-26-19-17-25(18-20-26)31-29(24-15-9-4-10-16-24)27(21-30)32-28(22-11-5-2-6-12-22)23-13-7-3-8-14-23/h2-20,27,29,31H,1H3. The number of rotatable bonds is 8. The molecule has 4 rings (SSSR count). The minimum absolute atomic E-state index is 0.341. The van der Waals surface area contributed by atoms with Crippen LogP contribution in [0.15, 0.2) is 120 Å². The zero-order valence-corrected chi connectivity index (χ0v) is 18.4. The average molecular weight is 432 g/mol. The molecule has 0 spiro atoms. The second-order valence-corrected chi connectivity index (χ2v) is 7.54. The zero-order valence-electron chi connectivity index (χ0n) is 18.4. The molecular weight excluding hydrogens is 406 g/mol. The number of aliphatic imine (C=N–C) groups is 1. The maximum atomic E-state index is 10.2. The van der Waals surface area contributed by atoms with Gasteiger partial charge in [-0.15, -0.1) is 0 Å². The molecule has 0 fully saturated rings. The smallest absolute Gasteiger partial charge is 0.161 e. The molecule has 0 aliphatic heterocycles. The molecule has 0 aliphatic rings. The summed E-state index contributed by atoms with van der Waals surface area (Å²) < 4.78 is 5.28. The first kappa shape index (κ1) is 21.9. The molecule has 162 valence electrons. The molecule has 1 N–H and O–H groups in total. The SMILES string of the molecule is COc1ccc(NC(c2ccccc2)C(C#N)N=C(c2ccccc2)c2ccccc2)cc1. The second kappa shape index (κ2) is 10.8. The maximum Gasteiger partial charge on any atom is 0.161 e. The third-order valence-electron chi connectivity index (χ3n) is 5.38. The normalized spacial score (nSPS) is 12.1. The van der Waals surface area contributed by atoms with Crippen LogP contribution < -0.4 is 10.1 Å². The lowest BCUT2D eigenvalue weighted by Gasteiger charge is -2.24. The van der Waals surface area contributed by atoms with E-state index in [1.807, 2.05) is 115 Å². The highest BCUT2D eigenvalue weighted by Crippen LogP contribution is 2.27. The van der Waals surface area contributed by atoms with E-state index in [0.717, 1.165) is 33.8 Å². The number of hydrogen-bond acceptors (Lipinski definition) is 4. The molecule has 0 saturated heterocycles. The van der Waals surface area contributed by atoms with E-state index in [9.17, 15) is 5.26 Å². The van der Waals surface area contributed by atoms with E-state index in [4.69, 9.17) is 9.73 Å². The predicted octanol–water partition coefficient (Wildman–Crippen LogP) is 6.28. The summed E-state index contributed by atoms with van der Waals surface area (Å²) in [7, 11) is 1.64. The van der Waals surface area contributed by atoms with Crippen molar-refractivity contribution in [3.05, 3.63) is 132 Å². The van der Waals surface area contributed by atoms with Crippen molar-refractivity contribution < 1.29 is 4.74 Å². The molecule has 0 aliphatic carbocycles. The number of ether oxygens (including phenoxy) is 1. The van der Waals surface area contributed by atoms with Crippen LogP contribution in [-0.4, -0.2) is 18.9 Å². The molecule has 0 heterocycles. The fourth-order valence-electron chi connectivity index (χ4n) is 3.70. The number of nitrogens with one attached hydrogen (secondary N) is 1. The molecule has 2 atom stereocenters. The maximum absolute atomic E-state index is 10.2. The molecule has 4 heteroatoms. The minimum atomic E-state index is -0.662. The highest BCUT2D eigenvalue weighted by Gasteiger charge is 2.24. The van der Waals surface area contributed by atoms with Crippen LogP contribution in [0.3, 0.4) is 0 Å². The molecule has 0 amide bonds. The summed E-state index contributed by atoms with van der Waals surface area (Å²) in [6, 6.07) is 39.1. The quantitative estimate of drug-likeness (QED) is 0.334. The van der Waals surface area contributed by atoms with Crippen LogP contribution in [0.4, 0.5) is 5.69 Å². The summed E-state index contributed by atoms with van der Waals surface area (Å²) in [5.74, 6) is 0.780. The van der Waals surface area contributed by atoms with Crippen molar-refractivity contribution in [2.24, 2.45) is 4.99 Å². The van der Waals surface area contributed by atoms with Gasteiger partial charge < -0.3 is 10.1 Å². The number of anilines is 1. The summed E-state index contributed by atoms with van der Waals surface area (Å²) >= 11 is 0. The molecule has 2 unspecified atom stereocenters. The number of nitriles is 1. The van der Waals surface area contributed by atoms with Crippen LogP contribution in [0, 0.1) is 11.3 Å². The number of hydrogen-bond donors (Lipinski definition) is 1. The van der Waals surface area contributed by atoms with Crippen molar-refractivity contribution in [3.8, 4) is 11.8 Å². The summed E-state index contributed by atoms with van der Waals surface area (Å²) in [5.41, 5.74) is 4.62. The third kappa shape index (κ3) is 5.47. The summed E-state index contributed by atoms with van der Waals surface area (Å²) in [6.07, 6.45) is 0. The average Bonchev–Trinajstić information content (AvgIpc) is 2.90. The lowest BCUT2D eigenvalue weighted by Crippen LogP contribution is -2.25. The first-order valence-electron chi connectivity index (χ1n) is 10.8. The van der Waals surface area contributed by atoms with Crippen molar-refractivity contribution in [1.29, 1.82) is 5.26 Å². The van der Waals surface area contributed by atoms with Gasteiger partial charge in [0, 0.05) is 16.8 Å². The van der Waals surface area contributed by atoms with Gasteiger partial charge in [-0.25, -0.2) is 0 Å². The van der Waals surface area contributed by atoms with Crippen LogP contribution in [0.5, 0.6) is 5.75 Å². The molecule has 0 saturated carbocycles. The topological polar surface area (TPSA) is 57.4 Å². The van der Waals surface area contributed by atoms with Crippen LogP contribution in [-0.2, 0) is 0 Å². The van der Waals surface area contributed by atoms with E-state index in [1.54, 1.807) is 7.11 Å². The van der Waals surface area contributed by atoms with Gasteiger partial charge in [0.05, 0.1) is 24.9 Å². The monoisotopic (exact) mass is 431 g/mol. The Kier molecular flexibility index (Phi) is 7.15. The summed E-state index contributed by atoms with van der Waals surface area (Å²) in [5, 5.41) is 13.8. The first-order chi connectivity index (χ1) is 16.3. The summed E-state index contributed by atoms with van der Waals surface area (Å²) in [4.78, 5) is 5.01. The van der Waals surface area contributed by atoms with Gasteiger partial charge in [-0.1, -0.05) is 91.0 Å². The molecule has 4 aromatic carbocycles. The zero-order chi connectivity index (χ0) is 22.9. The minimum Gasteiger partial charge on any atom is -0.497 e. The first-order valence-corrected chi connectivity index (χ1v) is 10.8. The van der Waals surface area contributed by atoms with E-state index in [1.165, 1.54) is 0 Å². The van der Waals surface area contributed by atoms with Crippen molar-refractivity contribution in [2.75, 3.05) is 12.4 Å². The number of nitrogens with zero attached hydrogens (tertiary/aromatic N) is 2. The van der Waals surface area contributed by atoms with Crippen molar-refractivity contribution in [2.45, 2.75) is 12.1 Å². The van der Waals surface area contributed by atoms with Crippen LogP contribution in [0.1, 0.15) is 22.7 Å². The van der Waals surface area contributed by atoms with E-state index < -0.39 is 6.04 Å². The van der Waals surface area contributed by atoms with E-state index in [0.29, 0.717) is 0 Å². The van der Waals surface area contributed by atoms with Crippen molar-refractivity contribution in [1.82, 2.24) is 0 Å². The summed E-state index contributed by atoms with van der Waals surface area (Å²) in [6.45, 7) is 0. The van der Waals surface area contributed by atoms with Gasteiger partial charge in [-0.2, -0.15) is 5.26 Å². The molecular formula is C29H25N3O. The van der Waals surface area contributed by atoms with Gasteiger partial charge in [0.2, 0.25) is 0 Å². The van der Waals surface area contributed by atoms with Crippen LogP contribution in [0.25, 0.3) is 0 Å². The van der Waals surface area contributed by atoms with E-state index in [2.05, 4.69) is 11.4 Å². The Labute approximate surface area is 194 Å². The van der Waals surface area contributed by atoms with Gasteiger partial charge in [-0.3, -0.25) is 4.99 Å². The third-order valence-corrected chi connectivity index (χ3v) is 5.38. The number of methoxy groups -OCH3 is 1. The molecule has 0 radical (unpaired) electrons. The fraction of sp³-hybridized carbons (Fsp3) is 0.103.